The van der Waals surface area contributed by atoms with E-state index in [1.807, 2.05) is 12.3 Å². The molecule has 0 bridgehead atoms. The largest absolute Gasteiger partial charge is 0.375 e. The molecule has 1 heterocycles. The summed E-state index contributed by atoms with van der Waals surface area (Å²) >= 11 is 1.33. The molecule has 1 fully saturated rings. The lowest BCUT2D eigenvalue weighted by molar-refractivity contribution is 0.0520. The van der Waals surface area contributed by atoms with Crippen LogP contribution >= 0.6 is 11.3 Å². The van der Waals surface area contributed by atoms with Gasteiger partial charge in [0.1, 0.15) is 10.7 Å². The summed E-state index contributed by atoms with van der Waals surface area (Å²) < 4.78 is 12.9. The van der Waals surface area contributed by atoms with Crippen LogP contribution in [0.2, 0.25) is 0 Å². The van der Waals surface area contributed by atoms with Gasteiger partial charge in [0.2, 0.25) is 0 Å². The molecular weight excluding hydrogens is 289 g/mol. The summed E-state index contributed by atoms with van der Waals surface area (Å²) in [6.07, 6.45) is 0.956. The van der Waals surface area contributed by atoms with Crippen LogP contribution in [-0.2, 0) is 4.84 Å². The summed E-state index contributed by atoms with van der Waals surface area (Å²) in [5.74, 6) is -0.0454. The number of hydrogen-bond acceptors (Lipinski definition) is 4. The number of rotatable bonds is 4. The normalized spacial score (nSPS) is 21.1. The summed E-state index contributed by atoms with van der Waals surface area (Å²) in [6, 6.07) is 10.0. The van der Waals surface area contributed by atoms with Crippen LogP contribution in [0.5, 0.6) is 0 Å². The zero-order valence-electron chi connectivity index (χ0n) is 11.5. The first-order chi connectivity index (χ1) is 10.1. The Balaban J connectivity index is 1.59. The second kappa shape index (κ2) is 5.77. The number of benzene rings is 1. The fourth-order valence-electron chi connectivity index (χ4n) is 2.36. The Hall–Kier alpha value is -2.01. The number of nitrogens with zero attached hydrogens (tertiary/aromatic N) is 1. The van der Waals surface area contributed by atoms with Crippen LogP contribution in [0.25, 0.3) is 0 Å². The molecule has 0 aliphatic heterocycles. The van der Waals surface area contributed by atoms with Crippen LogP contribution in [0, 0.1) is 11.7 Å². The quantitative estimate of drug-likeness (QED) is 0.482. The lowest BCUT2D eigenvalue weighted by Gasteiger charge is -2.01. The molecule has 0 N–H and O–H groups in total. The third-order valence-electron chi connectivity index (χ3n) is 3.62. The van der Waals surface area contributed by atoms with Crippen LogP contribution < -0.4 is 0 Å². The van der Waals surface area contributed by atoms with Gasteiger partial charge in [-0.1, -0.05) is 23.4 Å². The van der Waals surface area contributed by atoms with Crippen LogP contribution in [0.4, 0.5) is 4.39 Å². The van der Waals surface area contributed by atoms with Crippen LogP contribution in [0.1, 0.15) is 34.5 Å². The molecule has 0 radical (unpaired) electrons. The van der Waals surface area contributed by atoms with Gasteiger partial charge in [0.25, 0.3) is 0 Å². The van der Waals surface area contributed by atoms with Crippen molar-refractivity contribution in [3.05, 3.63) is 58.0 Å². The maximum Gasteiger partial charge on any atom is 0.375 e. The van der Waals surface area contributed by atoms with Crippen molar-refractivity contribution in [3.8, 4) is 0 Å². The van der Waals surface area contributed by atoms with Gasteiger partial charge in [0.05, 0.1) is 5.71 Å². The lowest BCUT2D eigenvalue weighted by atomic mass is 10.1. The Morgan fingerprint density at radius 1 is 1.33 bits per heavy atom. The van der Waals surface area contributed by atoms with Crippen molar-refractivity contribution >= 4 is 23.0 Å². The van der Waals surface area contributed by atoms with Gasteiger partial charge in [0, 0.05) is 5.92 Å². The van der Waals surface area contributed by atoms with Gasteiger partial charge in [0.15, 0.2) is 0 Å². The second-order valence-electron chi connectivity index (χ2n) is 5.09. The van der Waals surface area contributed by atoms with Crippen molar-refractivity contribution in [3.63, 3.8) is 0 Å². The Bertz CT molecular complexity index is 664. The van der Waals surface area contributed by atoms with E-state index in [1.54, 1.807) is 24.3 Å². The highest BCUT2D eigenvalue weighted by Crippen LogP contribution is 2.48. The molecule has 0 spiro atoms. The summed E-state index contributed by atoms with van der Waals surface area (Å²) in [6.45, 7) is 1.86. The maximum atomic E-state index is 12.9. The standard InChI is InChI=1S/C16H14FNO2S/c1-10(18-20-16(19)15-3-2-8-21-15)13-9-14(13)11-4-6-12(17)7-5-11/h2-8,13-14H,9H2,1H3. The molecule has 2 aromatic rings. The first-order valence-electron chi connectivity index (χ1n) is 6.70. The third kappa shape index (κ3) is 3.19. The molecule has 1 saturated carbocycles. The Morgan fingerprint density at radius 2 is 2.10 bits per heavy atom. The molecular formula is C16H14FNO2S. The first-order valence-corrected chi connectivity index (χ1v) is 7.58. The van der Waals surface area contributed by atoms with Crippen molar-refractivity contribution in [1.82, 2.24) is 0 Å². The first kappa shape index (κ1) is 13.9. The van der Waals surface area contributed by atoms with E-state index in [2.05, 4.69) is 5.16 Å². The van der Waals surface area contributed by atoms with E-state index in [9.17, 15) is 9.18 Å². The second-order valence-corrected chi connectivity index (χ2v) is 6.04. The summed E-state index contributed by atoms with van der Waals surface area (Å²) in [5.41, 5.74) is 1.90. The van der Waals surface area contributed by atoms with Crippen molar-refractivity contribution in [2.75, 3.05) is 0 Å². The SMILES string of the molecule is CC(=NOC(=O)c1cccs1)C1CC1c1ccc(F)cc1. The molecule has 1 aromatic carbocycles. The average molecular weight is 303 g/mol. The van der Waals surface area contributed by atoms with Gasteiger partial charge in [-0.25, -0.2) is 9.18 Å². The number of carbonyl (C=O) groups excluding carboxylic acids is 1. The van der Waals surface area contributed by atoms with Gasteiger partial charge >= 0.3 is 5.97 Å². The Morgan fingerprint density at radius 3 is 2.76 bits per heavy atom. The van der Waals surface area contributed by atoms with E-state index in [1.165, 1.54) is 23.5 Å². The molecule has 1 aliphatic rings. The minimum atomic E-state index is -0.427. The van der Waals surface area contributed by atoms with E-state index in [4.69, 9.17) is 4.84 Å². The van der Waals surface area contributed by atoms with E-state index < -0.39 is 5.97 Å². The van der Waals surface area contributed by atoms with Crippen molar-refractivity contribution in [1.29, 1.82) is 0 Å². The number of thiophene rings is 1. The smallest absolute Gasteiger partial charge is 0.312 e. The fraction of sp³-hybridized carbons (Fsp3) is 0.250. The van der Waals surface area contributed by atoms with Gasteiger partial charge in [-0.3, -0.25) is 0 Å². The van der Waals surface area contributed by atoms with Gasteiger partial charge in [-0.15, -0.1) is 11.3 Å². The lowest BCUT2D eigenvalue weighted by Crippen LogP contribution is -2.03. The van der Waals surface area contributed by atoms with Crippen molar-refractivity contribution in [2.45, 2.75) is 19.3 Å². The van der Waals surface area contributed by atoms with Gasteiger partial charge < -0.3 is 4.84 Å². The fourth-order valence-corrected chi connectivity index (χ4v) is 2.95. The van der Waals surface area contributed by atoms with Crippen LogP contribution in [0.15, 0.2) is 46.9 Å². The molecule has 0 saturated heterocycles. The molecule has 2 atom stereocenters. The minimum absolute atomic E-state index is 0.230. The molecule has 3 nitrogen and oxygen atoms in total. The number of hydrogen-bond donors (Lipinski definition) is 0. The number of oxime groups is 1. The Labute approximate surface area is 126 Å². The van der Waals surface area contributed by atoms with Crippen LogP contribution in [-0.4, -0.2) is 11.7 Å². The van der Waals surface area contributed by atoms with Crippen molar-refractivity contribution in [2.24, 2.45) is 11.1 Å². The van der Waals surface area contributed by atoms with E-state index in [-0.39, 0.29) is 11.7 Å². The molecule has 21 heavy (non-hydrogen) atoms. The van der Waals surface area contributed by atoms with Crippen LogP contribution in [0.3, 0.4) is 0 Å². The highest BCUT2D eigenvalue weighted by Gasteiger charge is 2.40. The van der Waals surface area contributed by atoms with Crippen molar-refractivity contribution < 1.29 is 14.0 Å². The zero-order valence-corrected chi connectivity index (χ0v) is 12.3. The van der Waals surface area contributed by atoms with E-state index in [0.29, 0.717) is 10.8 Å². The predicted molar refractivity (Wildman–Crippen MR) is 80.1 cm³/mol. The molecule has 1 aliphatic carbocycles. The summed E-state index contributed by atoms with van der Waals surface area (Å²) in [5, 5.41) is 5.75. The molecule has 5 heteroatoms. The average Bonchev–Trinajstić information content (AvgIpc) is 3.09. The molecule has 108 valence electrons. The van der Waals surface area contributed by atoms with E-state index >= 15 is 0 Å². The summed E-state index contributed by atoms with van der Waals surface area (Å²) in [7, 11) is 0. The molecule has 2 unspecified atom stereocenters. The topological polar surface area (TPSA) is 38.7 Å². The number of halogens is 1. The summed E-state index contributed by atoms with van der Waals surface area (Å²) in [4.78, 5) is 17.2. The predicted octanol–water partition coefficient (Wildman–Crippen LogP) is 4.22. The monoisotopic (exact) mass is 303 g/mol. The molecule has 0 amide bonds. The minimum Gasteiger partial charge on any atom is -0.312 e. The zero-order chi connectivity index (χ0) is 14.8. The Kier molecular flexibility index (Phi) is 3.84. The molecule has 1 aromatic heterocycles. The number of carbonyl (C=O) groups is 1. The third-order valence-corrected chi connectivity index (χ3v) is 4.47. The van der Waals surface area contributed by atoms with E-state index in [0.717, 1.165) is 17.7 Å². The highest BCUT2D eigenvalue weighted by molar-refractivity contribution is 7.11. The van der Waals surface area contributed by atoms with Gasteiger partial charge in [-0.05, 0) is 48.4 Å². The van der Waals surface area contributed by atoms with Gasteiger partial charge in [-0.2, -0.15) is 0 Å². The highest BCUT2D eigenvalue weighted by atomic mass is 32.1. The maximum absolute atomic E-state index is 12.9. The molecule has 3 rings (SSSR count).